The molecular formula is C13H25N. The van der Waals surface area contributed by atoms with Crippen molar-refractivity contribution in [2.75, 3.05) is 0 Å². The zero-order valence-electron chi connectivity index (χ0n) is 9.92. The minimum atomic E-state index is 0.815. The van der Waals surface area contributed by atoms with E-state index in [1.54, 1.807) is 0 Å². The molecule has 0 aliphatic heterocycles. The van der Waals surface area contributed by atoms with E-state index in [0.29, 0.717) is 0 Å². The second-order valence-corrected chi connectivity index (χ2v) is 5.70. The minimum absolute atomic E-state index is 0.815. The van der Waals surface area contributed by atoms with Crippen molar-refractivity contribution in [2.45, 2.75) is 65.0 Å². The van der Waals surface area contributed by atoms with Gasteiger partial charge in [-0.25, -0.2) is 0 Å². The van der Waals surface area contributed by atoms with Crippen LogP contribution in [0.15, 0.2) is 0 Å². The fourth-order valence-corrected chi connectivity index (χ4v) is 3.27. The van der Waals surface area contributed by atoms with Gasteiger partial charge in [0.2, 0.25) is 0 Å². The molecule has 1 nitrogen and oxygen atoms in total. The highest BCUT2D eigenvalue weighted by Crippen LogP contribution is 2.33. The first-order valence-corrected chi connectivity index (χ1v) is 6.44. The van der Waals surface area contributed by atoms with Gasteiger partial charge in [-0.15, -0.1) is 0 Å². The summed E-state index contributed by atoms with van der Waals surface area (Å²) in [5.41, 5.74) is 0. The van der Waals surface area contributed by atoms with Crippen molar-refractivity contribution >= 4 is 0 Å². The summed E-state index contributed by atoms with van der Waals surface area (Å²) in [4.78, 5) is 0. The molecule has 0 heterocycles. The first-order chi connectivity index (χ1) is 6.68. The molecule has 5 atom stereocenters. The summed E-state index contributed by atoms with van der Waals surface area (Å²) < 4.78 is 0. The van der Waals surface area contributed by atoms with Gasteiger partial charge in [0.25, 0.3) is 0 Å². The Labute approximate surface area is 88.7 Å². The molecule has 2 fully saturated rings. The van der Waals surface area contributed by atoms with Crippen LogP contribution in [0, 0.1) is 17.8 Å². The van der Waals surface area contributed by atoms with Crippen LogP contribution in [-0.2, 0) is 0 Å². The zero-order valence-corrected chi connectivity index (χ0v) is 9.92. The van der Waals surface area contributed by atoms with E-state index >= 15 is 0 Å². The van der Waals surface area contributed by atoms with E-state index in [9.17, 15) is 0 Å². The Bertz CT molecular complexity index is 190. The zero-order chi connectivity index (χ0) is 10.1. The molecule has 0 radical (unpaired) electrons. The van der Waals surface area contributed by atoms with Gasteiger partial charge in [-0.05, 0) is 43.4 Å². The maximum Gasteiger partial charge on any atom is 0.00980 e. The lowest BCUT2D eigenvalue weighted by Crippen LogP contribution is -2.41. The Morgan fingerprint density at radius 1 is 0.786 bits per heavy atom. The van der Waals surface area contributed by atoms with E-state index in [1.165, 1.54) is 32.1 Å². The second-order valence-electron chi connectivity index (χ2n) is 5.70. The molecule has 0 spiro atoms. The molecule has 0 amide bonds. The molecule has 82 valence electrons. The first kappa shape index (κ1) is 10.5. The Morgan fingerprint density at radius 2 is 1.57 bits per heavy atom. The first-order valence-electron chi connectivity index (χ1n) is 6.44. The van der Waals surface area contributed by atoms with Crippen molar-refractivity contribution in [3.05, 3.63) is 0 Å². The summed E-state index contributed by atoms with van der Waals surface area (Å²) in [6.45, 7) is 7.24. The average Bonchev–Trinajstić information content (AvgIpc) is 2.68. The predicted octanol–water partition coefficient (Wildman–Crippen LogP) is 3.20. The van der Waals surface area contributed by atoms with Crippen molar-refractivity contribution in [2.24, 2.45) is 17.8 Å². The van der Waals surface area contributed by atoms with E-state index in [0.717, 1.165) is 29.8 Å². The van der Waals surface area contributed by atoms with Crippen LogP contribution < -0.4 is 5.32 Å². The lowest BCUT2D eigenvalue weighted by atomic mass is 9.96. The van der Waals surface area contributed by atoms with Crippen LogP contribution >= 0.6 is 0 Å². The number of hydrogen-bond acceptors (Lipinski definition) is 1. The van der Waals surface area contributed by atoms with E-state index in [1.807, 2.05) is 0 Å². The van der Waals surface area contributed by atoms with Crippen LogP contribution in [0.25, 0.3) is 0 Å². The summed E-state index contributed by atoms with van der Waals surface area (Å²) in [5, 5.41) is 3.91. The molecule has 1 N–H and O–H groups in total. The molecule has 1 heteroatoms. The summed E-state index contributed by atoms with van der Waals surface area (Å²) in [5.74, 6) is 2.74. The molecule has 0 aromatic heterocycles. The van der Waals surface area contributed by atoms with Gasteiger partial charge in [-0.2, -0.15) is 0 Å². The van der Waals surface area contributed by atoms with Crippen molar-refractivity contribution in [1.29, 1.82) is 0 Å². The van der Waals surface area contributed by atoms with Crippen molar-refractivity contribution in [3.63, 3.8) is 0 Å². The van der Waals surface area contributed by atoms with E-state index in [4.69, 9.17) is 0 Å². The summed E-state index contributed by atoms with van der Waals surface area (Å²) in [7, 11) is 0. The monoisotopic (exact) mass is 195 g/mol. The summed E-state index contributed by atoms with van der Waals surface area (Å²) >= 11 is 0. The van der Waals surface area contributed by atoms with Crippen molar-refractivity contribution in [1.82, 2.24) is 5.32 Å². The molecular weight excluding hydrogens is 170 g/mol. The van der Waals surface area contributed by atoms with E-state index < -0.39 is 0 Å². The number of rotatable bonds is 2. The van der Waals surface area contributed by atoms with Gasteiger partial charge in [0, 0.05) is 12.1 Å². The predicted molar refractivity (Wildman–Crippen MR) is 61.3 cm³/mol. The lowest BCUT2D eigenvalue weighted by Gasteiger charge is -2.26. The van der Waals surface area contributed by atoms with Crippen LogP contribution in [-0.4, -0.2) is 12.1 Å². The molecule has 5 unspecified atom stereocenters. The van der Waals surface area contributed by atoms with Crippen molar-refractivity contribution < 1.29 is 0 Å². The van der Waals surface area contributed by atoms with Crippen LogP contribution in [0.1, 0.15) is 52.9 Å². The summed E-state index contributed by atoms with van der Waals surface area (Å²) in [6, 6.07) is 1.64. The van der Waals surface area contributed by atoms with E-state index in [-0.39, 0.29) is 0 Å². The van der Waals surface area contributed by atoms with Crippen molar-refractivity contribution in [3.8, 4) is 0 Å². The molecule has 0 aromatic rings. The fourth-order valence-electron chi connectivity index (χ4n) is 3.27. The minimum Gasteiger partial charge on any atom is -0.311 e. The Morgan fingerprint density at radius 3 is 2.07 bits per heavy atom. The standard InChI is InChI=1S/C13H25N/c1-9-7-8-13(11(9)3)14-12-6-4-5-10(12)2/h9-14H,4-8H2,1-3H3. The third-order valence-corrected chi connectivity index (χ3v) is 4.75. The molecule has 2 saturated carbocycles. The maximum atomic E-state index is 3.91. The Balaban J connectivity index is 1.85. The SMILES string of the molecule is CC1CCCC1NC1CCC(C)C1C. The van der Waals surface area contributed by atoms with Gasteiger partial charge >= 0.3 is 0 Å². The highest BCUT2D eigenvalue weighted by Gasteiger charge is 2.33. The van der Waals surface area contributed by atoms with Gasteiger partial charge in [0.05, 0.1) is 0 Å². The van der Waals surface area contributed by atoms with Gasteiger partial charge in [0.15, 0.2) is 0 Å². The molecule has 2 aliphatic carbocycles. The van der Waals surface area contributed by atoms with Crippen LogP contribution in [0.5, 0.6) is 0 Å². The number of nitrogens with one attached hydrogen (secondary N) is 1. The van der Waals surface area contributed by atoms with Gasteiger partial charge in [-0.1, -0.05) is 27.2 Å². The third-order valence-electron chi connectivity index (χ3n) is 4.75. The Kier molecular flexibility index (Phi) is 3.16. The third kappa shape index (κ3) is 1.98. The number of hydrogen-bond donors (Lipinski definition) is 1. The van der Waals surface area contributed by atoms with Crippen LogP contribution in [0.2, 0.25) is 0 Å². The topological polar surface area (TPSA) is 12.0 Å². The normalized spacial score (nSPS) is 48.6. The van der Waals surface area contributed by atoms with Gasteiger partial charge < -0.3 is 5.32 Å². The molecule has 2 rings (SSSR count). The van der Waals surface area contributed by atoms with Gasteiger partial charge in [0.1, 0.15) is 0 Å². The van der Waals surface area contributed by atoms with Crippen LogP contribution in [0.4, 0.5) is 0 Å². The highest BCUT2D eigenvalue weighted by atomic mass is 15.0. The molecule has 14 heavy (non-hydrogen) atoms. The lowest BCUT2D eigenvalue weighted by molar-refractivity contribution is 0.310. The average molecular weight is 195 g/mol. The van der Waals surface area contributed by atoms with Gasteiger partial charge in [-0.3, -0.25) is 0 Å². The Hall–Kier alpha value is -0.0400. The molecule has 2 aliphatic rings. The van der Waals surface area contributed by atoms with Crippen LogP contribution in [0.3, 0.4) is 0 Å². The smallest absolute Gasteiger partial charge is 0.00980 e. The second kappa shape index (κ2) is 4.22. The quantitative estimate of drug-likeness (QED) is 0.713. The largest absolute Gasteiger partial charge is 0.311 e. The maximum absolute atomic E-state index is 3.91. The fraction of sp³-hybridized carbons (Fsp3) is 1.00. The molecule has 0 saturated heterocycles. The molecule has 0 aromatic carbocycles. The highest BCUT2D eigenvalue weighted by molar-refractivity contribution is 4.90. The summed E-state index contributed by atoms with van der Waals surface area (Å²) in [6.07, 6.45) is 7.13. The van der Waals surface area contributed by atoms with E-state index in [2.05, 4.69) is 26.1 Å². The molecule has 0 bridgehead atoms.